The van der Waals surface area contributed by atoms with Crippen molar-refractivity contribution < 1.29 is 48.3 Å². The van der Waals surface area contributed by atoms with Gasteiger partial charge in [-0.1, -0.05) is 24.3 Å². The Morgan fingerprint density at radius 1 is 0.833 bits per heavy atom. The molecule has 1 heterocycles. The number of carbonyl (C=O) groups is 1. The maximum atomic E-state index is 14.6. The summed E-state index contributed by atoms with van der Waals surface area (Å²) in [6.07, 6.45) is -9.82. The van der Waals surface area contributed by atoms with Gasteiger partial charge in [-0.15, -0.1) is 0 Å². The van der Waals surface area contributed by atoms with Gasteiger partial charge in [0.25, 0.3) is 0 Å². The monoisotopic (exact) mass is 620 g/mol. The molecule has 0 aliphatic heterocycles. The number of rotatable bonds is 7. The van der Waals surface area contributed by atoms with Crippen LogP contribution in [0.2, 0.25) is 0 Å². The molecule has 3 aromatic rings. The highest BCUT2D eigenvalue weighted by Crippen LogP contribution is 2.54. The van der Waals surface area contributed by atoms with Crippen LogP contribution in [-0.2, 0) is 31.5 Å². The van der Waals surface area contributed by atoms with E-state index in [2.05, 4.69) is 10.3 Å². The third-order valence-electron chi connectivity index (χ3n) is 7.50. The first-order chi connectivity index (χ1) is 19.5. The topological polar surface area (TPSA) is 76.1 Å². The average molecular weight is 621 g/mol. The Morgan fingerprint density at radius 3 is 1.86 bits per heavy atom. The Morgan fingerprint density at radius 2 is 1.36 bits per heavy atom. The minimum Gasteiger partial charge on any atom is -0.353 e. The van der Waals surface area contributed by atoms with Crippen molar-refractivity contribution in [3.05, 3.63) is 95.6 Å². The van der Waals surface area contributed by atoms with Crippen molar-refractivity contribution in [3.63, 3.8) is 0 Å². The molecule has 14 heteroatoms. The second kappa shape index (κ2) is 11.3. The Hall–Kier alpha value is -3.55. The van der Waals surface area contributed by atoms with Gasteiger partial charge in [-0.25, -0.2) is 17.2 Å². The first kappa shape index (κ1) is 31.4. The predicted octanol–water partition coefficient (Wildman–Crippen LogP) is 6.48. The maximum Gasteiger partial charge on any atom is 0.435 e. The summed E-state index contributed by atoms with van der Waals surface area (Å²) in [6.45, 7) is 0. The number of pyridine rings is 1. The Balaban J connectivity index is 1.68. The molecule has 0 unspecified atom stereocenters. The lowest BCUT2D eigenvalue weighted by atomic mass is 9.80. The number of hydrogen-bond acceptors (Lipinski definition) is 4. The molecular formula is C28H24F8N2O3S. The molecule has 1 saturated carbocycles. The van der Waals surface area contributed by atoms with Gasteiger partial charge in [-0.05, 0) is 73.2 Å². The van der Waals surface area contributed by atoms with Crippen LogP contribution >= 0.6 is 0 Å². The highest BCUT2D eigenvalue weighted by molar-refractivity contribution is 7.92. The van der Waals surface area contributed by atoms with Crippen molar-refractivity contribution in [2.75, 3.05) is 0 Å². The van der Waals surface area contributed by atoms with Crippen LogP contribution in [0.15, 0.2) is 78.0 Å². The van der Waals surface area contributed by atoms with Crippen molar-refractivity contribution in [2.24, 2.45) is 0 Å². The van der Waals surface area contributed by atoms with Crippen LogP contribution < -0.4 is 5.32 Å². The molecule has 0 spiro atoms. The Labute approximate surface area is 235 Å². The fraction of sp³-hybridized carbons (Fsp3) is 0.357. The molecule has 0 radical (unpaired) electrons. The summed E-state index contributed by atoms with van der Waals surface area (Å²) in [6, 6.07) is 8.66. The number of aromatic nitrogens is 1. The number of sulfone groups is 1. The molecule has 4 rings (SSSR count). The van der Waals surface area contributed by atoms with E-state index in [-0.39, 0.29) is 60.6 Å². The molecule has 0 saturated heterocycles. The maximum absolute atomic E-state index is 14.6. The van der Waals surface area contributed by atoms with E-state index in [0.29, 0.717) is 5.56 Å². The van der Waals surface area contributed by atoms with E-state index in [9.17, 15) is 48.3 Å². The zero-order valence-electron chi connectivity index (χ0n) is 21.6. The van der Waals surface area contributed by atoms with Crippen LogP contribution in [0.3, 0.4) is 0 Å². The number of halogens is 8. The number of hydrogen-bond donors (Lipinski definition) is 1. The summed E-state index contributed by atoms with van der Waals surface area (Å²) < 4.78 is 134. The molecule has 1 aliphatic rings. The summed E-state index contributed by atoms with van der Waals surface area (Å²) in [5.74, 6) is -1.07. The van der Waals surface area contributed by atoms with Crippen molar-refractivity contribution in [2.45, 2.75) is 65.8 Å². The lowest BCUT2D eigenvalue weighted by molar-refractivity contribution is -0.348. The lowest BCUT2D eigenvalue weighted by Crippen LogP contribution is -2.50. The molecule has 1 fully saturated rings. The molecule has 0 atom stereocenters. The van der Waals surface area contributed by atoms with Crippen LogP contribution in [0.1, 0.15) is 42.4 Å². The van der Waals surface area contributed by atoms with Crippen molar-refractivity contribution >= 4 is 15.7 Å². The summed E-state index contributed by atoms with van der Waals surface area (Å²) in [7, 11) is -4.42. The second-order valence-corrected chi connectivity index (χ2v) is 12.3. The third kappa shape index (κ3) is 5.72. The largest absolute Gasteiger partial charge is 0.435 e. The SMILES string of the molecule is O=C(Cc1ccncc1)NC1CCC(c2ccc(C(F)(C(F)(F)F)C(F)(F)F)cc2)(S(=O)(=O)c2ccc(F)cc2)CC1. The molecule has 5 nitrogen and oxygen atoms in total. The summed E-state index contributed by atoms with van der Waals surface area (Å²) in [5.41, 5.74) is -6.91. The van der Waals surface area contributed by atoms with E-state index < -0.39 is 50.0 Å². The van der Waals surface area contributed by atoms with Crippen LogP contribution in [0.4, 0.5) is 35.1 Å². The minimum absolute atomic E-state index is 0.0306. The van der Waals surface area contributed by atoms with E-state index in [4.69, 9.17) is 0 Å². The van der Waals surface area contributed by atoms with Gasteiger partial charge in [0.1, 0.15) is 10.6 Å². The number of alkyl halides is 7. The van der Waals surface area contributed by atoms with Crippen molar-refractivity contribution in [1.82, 2.24) is 10.3 Å². The summed E-state index contributed by atoms with van der Waals surface area (Å²) in [5, 5.41) is 2.81. The quantitative estimate of drug-likeness (QED) is 0.242. The van der Waals surface area contributed by atoms with Crippen molar-refractivity contribution in [1.29, 1.82) is 0 Å². The molecular weight excluding hydrogens is 596 g/mol. The van der Waals surface area contributed by atoms with E-state index >= 15 is 0 Å². The highest BCUT2D eigenvalue weighted by Gasteiger charge is 2.73. The molecule has 1 N–H and O–H groups in total. The first-order valence-corrected chi connectivity index (χ1v) is 14.1. The van der Waals surface area contributed by atoms with Gasteiger partial charge in [0.2, 0.25) is 5.91 Å². The molecule has 1 amide bonds. The van der Waals surface area contributed by atoms with Crippen LogP contribution in [0.25, 0.3) is 0 Å². The van der Waals surface area contributed by atoms with Gasteiger partial charge in [0.15, 0.2) is 9.84 Å². The Kier molecular flexibility index (Phi) is 8.42. The van der Waals surface area contributed by atoms with Crippen LogP contribution in [0, 0.1) is 5.82 Å². The molecule has 1 aromatic heterocycles. The van der Waals surface area contributed by atoms with Crippen LogP contribution in [-0.4, -0.2) is 37.7 Å². The number of nitrogens with one attached hydrogen (secondary N) is 1. The number of benzene rings is 2. The zero-order chi connectivity index (χ0) is 31.0. The van der Waals surface area contributed by atoms with E-state index in [1.807, 2.05) is 0 Å². The minimum atomic E-state index is -6.34. The Bertz CT molecular complexity index is 1490. The number of nitrogens with zero attached hydrogens (tertiary/aromatic N) is 1. The smallest absolute Gasteiger partial charge is 0.353 e. The lowest BCUT2D eigenvalue weighted by Gasteiger charge is -2.40. The van der Waals surface area contributed by atoms with Gasteiger partial charge in [-0.2, -0.15) is 26.3 Å². The van der Waals surface area contributed by atoms with E-state index in [1.165, 1.54) is 12.4 Å². The predicted molar refractivity (Wildman–Crippen MR) is 135 cm³/mol. The van der Waals surface area contributed by atoms with Gasteiger partial charge in [0, 0.05) is 24.0 Å². The third-order valence-corrected chi connectivity index (χ3v) is 10.1. The molecule has 42 heavy (non-hydrogen) atoms. The molecule has 2 aromatic carbocycles. The van der Waals surface area contributed by atoms with Gasteiger partial charge in [-0.3, -0.25) is 9.78 Å². The molecule has 1 aliphatic carbocycles. The standard InChI is InChI=1S/C28H24F8N2O3S/c29-21-5-7-23(8-6-21)42(40,41)25(13-9-22(10-14-25)38-24(39)17-18-11-15-37-16-12-18)19-1-3-20(4-2-19)26(30,27(31,32)33)28(34,35)36/h1-8,11-12,15-16,22H,9-10,13-14,17H2,(H,38,39). The molecule has 226 valence electrons. The zero-order valence-corrected chi connectivity index (χ0v) is 22.5. The fourth-order valence-corrected chi connectivity index (χ4v) is 7.40. The van der Waals surface area contributed by atoms with Gasteiger partial charge >= 0.3 is 18.0 Å². The van der Waals surface area contributed by atoms with Gasteiger partial charge < -0.3 is 5.32 Å². The molecule has 0 bridgehead atoms. The number of carbonyl (C=O) groups excluding carboxylic acids is 1. The fourth-order valence-electron chi connectivity index (χ4n) is 5.24. The van der Waals surface area contributed by atoms with E-state index in [0.717, 1.165) is 36.4 Å². The van der Waals surface area contributed by atoms with Crippen molar-refractivity contribution in [3.8, 4) is 0 Å². The summed E-state index contributed by atoms with van der Waals surface area (Å²) in [4.78, 5) is 16.1. The summed E-state index contributed by atoms with van der Waals surface area (Å²) >= 11 is 0. The first-order valence-electron chi connectivity index (χ1n) is 12.6. The second-order valence-electron chi connectivity index (χ2n) is 10.1. The van der Waals surface area contributed by atoms with E-state index in [1.54, 1.807) is 12.1 Å². The average Bonchev–Trinajstić information content (AvgIpc) is 2.92. The normalized spacial score (nSPS) is 20.2. The number of amides is 1. The highest BCUT2D eigenvalue weighted by atomic mass is 32.2. The van der Waals surface area contributed by atoms with Crippen LogP contribution in [0.5, 0.6) is 0 Å². The van der Waals surface area contributed by atoms with Gasteiger partial charge in [0.05, 0.1) is 11.3 Å².